The molecule has 1 amide bonds. The zero-order chi connectivity index (χ0) is 15.8. The second-order valence-corrected chi connectivity index (χ2v) is 8.62. The highest BCUT2D eigenvalue weighted by Crippen LogP contribution is 2.31. The van der Waals surface area contributed by atoms with Gasteiger partial charge in [0.25, 0.3) is 0 Å². The quantitative estimate of drug-likeness (QED) is 0.464. The van der Waals surface area contributed by atoms with Crippen LogP contribution < -0.4 is 0 Å². The Labute approximate surface area is 119 Å². The SMILES string of the molecule is C=CCN(C(=O)C(F)(F)F)[Si](CC=C)(CC=C)CC=C. The molecule has 0 aromatic rings. The molecule has 0 aliphatic heterocycles. The van der Waals surface area contributed by atoms with Gasteiger partial charge in [0.2, 0.25) is 0 Å². The van der Waals surface area contributed by atoms with Crippen LogP contribution >= 0.6 is 0 Å². The fourth-order valence-corrected chi connectivity index (χ4v) is 6.01. The summed E-state index contributed by atoms with van der Waals surface area (Å²) in [5.41, 5.74) is 0. The van der Waals surface area contributed by atoms with Crippen molar-refractivity contribution >= 4 is 14.1 Å². The van der Waals surface area contributed by atoms with E-state index >= 15 is 0 Å². The van der Waals surface area contributed by atoms with Crippen LogP contribution in [-0.2, 0) is 4.79 Å². The first-order chi connectivity index (χ1) is 9.29. The van der Waals surface area contributed by atoms with E-state index in [0.29, 0.717) is 18.1 Å². The van der Waals surface area contributed by atoms with E-state index in [1.165, 1.54) is 6.08 Å². The summed E-state index contributed by atoms with van der Waals surface area (Å²) < 4.78 is 39.3. The summed E-state index contributed by atoms with van der Waals surface area (Å²) in [6.45, 7) is 14.1. The van der Waals surface area contributed by atoms with E-state index in [-0.39, 0.29) is 6.54 Å². The van der Waals surface area contributed by atoms with Crippen LogP contribution in [0.1, 0.15) is 0 Å². The van der Waals surface area contributed by atoms with Crippen molar-refractivity contribution in [3.63, 3.8) is 0 Å². The summed E-state index contributed by atoms with van der Waals surface area (Å²) in [6.07, 6.45) is 1.07. The minimum Gasteiger partial charge on any atom is -0.357 e. The predicted molar refractivity (Wildman–Crippen MR) is 78.7 cm³/mol. The van der Waals surface area contributed by atoms with Gasteiger partial charge in [0.1, 0.15) is 0 Å². The van der Waals surface area contributed by atoms with Crippen molar-refractivity contribution in [2.75, 3.05) is 6.54 Å². The Morgan fingerprint density at radius 2 is 1.35 bits per heavy atom. The number of hydrogen-bond donors (Lipinski definition) is 0. The van der Waals surface area contributed by atoms with Gasteiger partial charge >= 0.3 is 12.1 Å². The number of nitrogens with zero attached hydrogens (tertiary/aromatic N) is 1. The van der Waals surface area contributed by atoms with Crippen LogP contribution in [0.15, 0.2) is 50.6 Å². The van der Waals surface area contributed by atoms with E-state index in [1.807, 2.05) is 0 Å². The zero-order valence-electron chi connectivity index (χ0n) is 11.5. The Bertz CT molecular complexity index is 364. The minimum atomic E-state index is -4.90. The first-order valence-electron chi connectivity index (χ1n) is 6.11. The van der Waals surface area contributed by atoms with Gasteiger partial charge < -0.3 is 4.57 Å². The monoisotopic (exact) mass is 303 g/mol. The van der Waals surface area contributed by atoms with Gasteiger partial charge in [0.15, 0.2) is 8.24 Å². The molecule has 0 N–H and O–H groups in total. The van der Waals surface area contributed by atoms with Crippen LogP contribution in [0.3, 0.4) is 0 Å². The van der Waals surface area contributed by atoms with E-state index in [0.717, 1.165) is 4.57 Å². The molecule has 0 aliphatic carbocycles. The molecule has 112 valence electrons. The lowest BCUT2D eigenvalue weighted by Gasteiger charge is -2.40. The number of allylic oxidation sites excluding steroid dienone is 3. The summed E-state index contributed by atoms with van der Waals surface area (Å²) in [4.78, 5) is 11.7. The normalized spacial score (nSPS) is 11.6. The molecule has 2 nitrogen and oxygen atoms in total. The standard InChI is InChI=1S/C14H20F3NOSi/c1-5-9-18(13(19)14(15,16)17)20(10-6-2,11-7-3)12-8-4/h5-8H,1-4,9-12H2. The van der Waals surface area contributed by atoms with Gasteiger partial charge in [-0.25, -0.2) is 0 Å². The summed E-state index contributed by atoms with van der Waals surface area (Å²) >= 11 is 0. The molecule has 0 aromatic heterocycles. The molecule has 0 bridgehead atoms. The topological polar surface area (TPSA) is 20.3 Å². The Morgan fingerprint density at radius 3 is 1.60 bits per heavy atom. The van der Waals surface area contributed by atoms with Crippen molar-refractivity contribution in [1.29, 1.82) is 0 Å². The van der Waals surface area contributed by atoms with Crippen molar-refractivity contribution in [2.45, 2.75) is 24.3 Å². The lowest BCUT2D eigenvalue weighted by Crippen LogP contribution is -2.58. The van der Waals surface area contributed by atoms with Crippen LogP contribution in [0.25, 0.3) is 0 Å². The second-order valence-electron chi connectivity index (χ2n) is 4.40. The maximum absolute atomic E-state index is 12.8. The van der Waals surface area contributed by atoms with E-state index in [9.17, 15) is 18.0 Å². The van der Waals surface area contributed by atoms with Crippen LogP contribution in [0.4, 0.5) is 13.2 Å². The van der Waals surface area contributed by atoms with Crippen LogP contribution in [0.2, 0.25) is 18.1 Å². The van der Waals surface area contributed by atoms with Crippen LogP contribution in [0, 0.1) is 0 Å². The Balaban J connectivity index is 5.77. The molecule has 0 rings (SSSR count). The maximum Gasteiger partial charge on any atom is 0.470 e. The largest absolute Gasteiger partial charge is 0.470 e. The van der Waals surface area contributed by atoms with Crippen molar-refractivity contribution in [3.05, 3.63) is 50.6 Å². The fourth-order valence-electron chi connectivity index (χ4n) is 2.16. The number of amides is 1. The van der Waals surface area contributed by atoms with Gasteiger partial charge in [-0.3, -0.25) is 4.79 Å². The Morgan fingerprint density at radius 1 is 0.950 bits per heavy atom. The first kappa shape index (κ1) is 18.4. The Hall–Kier alpha value is -1.56. The molecule has 0 aliphatic rings. The molecule has 6 heteroatoms. The predicted octanol–water partition coefficient (Wildman–Crippen LogP) is 4.07. The molecule has 0 radical (unpaired) electrons. The molecule has 0 aromatic carbocycles. The highest BCUT2D eigenvalue weighted by molar-refractivity contribution is 6.80. The van der Waals surface area contributed by atoms with Crippen LogP contribution in [0.5, 0.6) is 0 Å². The zero-order valence-corrected chi connectivity index (χ0v) is 12.5. The fraction of sp³-hybridized carbons (Fsp3) is 0.357. The average molecular weight is 303 g/mol. The molecule has 0 atom stereocenters. The number of hydrogen-bond acceptors (Lipinski definition) is 1. The van der Waals surface area contributed by atoms with Gasteiger partial charge in [-0.1, -0.05) is 24.3 Å². The maximum atomic E-state index is 12.8. The minimum absolute atomic E-state index is 0.139. The smallest absolute Gasteiger partial charge is 0.357 e. The molecular weight excluding hydrogens is 283 g/mol. The van der Waals surface area contributed by atoms with E-state index in [4.69, 9.17) is 0 Å². The highest BCUT2D eigenvalue weighted by atomic mass is 28.3. The Kier molecular flexibility index (Phi) is 7.27. The molecule has 0 saturated carbocycles. The summed E-state index contributed by atoms with van der Waals surface area (Å²) in [7, 11) is -2.78. The van der Waals surface area contributed by atoms with E-state index in [1.54, 1.807) is 18.2 Å². The third-order valence-electron chi connectivity index (χ3n) is 2.94. The summed E-state index contributed by atoms with van der Waals surface area (Å²) in [6, 6.07) is 1.04. The third kappa shape index (κ3) is 4.52. The van der Waals surface area contributed by atoms with Crippen molar-refractivity contribution < 1.29 is 18.0 Å². The van der Waals surface area contributed by atoms with Gasteiger partial charge in [-0.15, -0.1) is 26.3 Å². The molecule has 0 fully saturated rings. The number of rotatable bonds is 9. The molecule has 0 heterocycles. The molecular formula is C14H20F3NOSi. The van der Waals surface area contributed by atoms with Gasteiger partial charge in [-0.05, 0) is 18.1 Å². The molecule has 0 unspecified atom stereocenters. The number of alkyl halides is 3. The summed E-state index contributed by atoms with van der Waals surface area (Å²) in [5, 5.41) is 0. The lowest BCUT2D eigenvalue weighted by atomic mass is 10.5. The second kappa shape index (κ2) is 7.89. The van der Waals surface area contributed by atoms with Gasteiger partial charge in [0, 0.05) is 6.54 Å². The summed E-state index contributed by atoms with van der Waals surface area (Å²) in [5.74, 6) is -1.82. The highest BCUT2D eigenvalue weighted by Gasteiger charge is 2.49. The number of carbonyl (C=O) groups excluding carboxylic acids is 1. The molecule has 20 heavy (non-hydrogen) atoms. The van der Waals surface area contributed by atoms with Crippen molar-refractivity contribution in [3.8, 4) is 0 Å². The van der Waals surface area contributed by atoms with Gasteiger partial charge in [0.05, 0.1) is 0 Å². The van der Waals surface area contributed by atoms with Crippen molar-refractivity contribution in [2.24, 2.45) is 0 Å². The van der Waals surface area contributed by atoms with Crippen LogP contribution in [-0.4, -0.2) is 31.4 Å². The van der Waals surface area contributed by atoms with Crippen molar-refractivity contribution in [1.82, 2.24) is 4.57 Å². The molecule has 0 saturated heterocycles. The number of carbonyl (C=O) groups is 1. The average Bonchev–Trinajstić information content (AvgIpc) is 2.34. The lowest BCUT2D eigenvalue weighted by molar-refractivity contribution is -0.180. The third-order valence-corrected chi connectivity index (χ3v) is 7.62. The first-order valence-corrected chi connectivity index (χ1v) is 8.68. The van der Waals surface area contributed by atoms with E-state index < -0.39 is 20.3 Å². The number of halogens is 3. The van der Waals surface area contributed by atoms with Gasteiger partial charge in [-0.2, -0.15) is 13.2 Å². The molecule has 0 spiro atoms. The van der Waals surface area contributed by atoms with E-state index in [2.05, 4.69) is 26.3 Å².